The molecule has 2 aromatic carbocycles. The standard InChI is InChI=1S/C18H16N8O3S2/c1-8-2-3-11(15-14(8)21-18(19)22-15)10-4-5-12(31(28,29)9-6-20-7-9)16(30-27)13(10)17-23-25-26-24-17/h2-5,9,19-20,27H,6-7H2,1H3,(H,23,24,25,26). The van der Waals surface area contributed by atoms with Gasteiger partial charge in [-0.05, 0) is 29.3 Å². The second-order valence-corrected chi connectivity index (χ2v) is 9.93. The van der Waals surface area contributed by atoms with Gasteiger partial charge < -0.3 is 9.87 Å². The van der Waals surface area contributed by atoms with Crippen molar-refractivity contribution in [3.63, 3.8) is 0 Å². The lowest BCUT2D eigenvalue weighted by atomic mass is 9.97. The van der Waals surface area contributed by atoms with Crippen LogP contribution in [0, 0.1) is 12.3 Å². The van der Waals surface area contributed by atoms with Gasteiger partial charge in [-0.25, -0.2) is 18.4 Å². The number of rotatable bonds is 5. The van der Waals surface area contributed by atoms with Gasteiger partial charge in [-0.15, -0.1) is 10.2 Å². The molecule has 158 valence electrons. The van der Waals surface area contributed by atoms with Crippen LogP contribution in [0.1, 0.15) is 5.56 Å². The van der Waals surface area contributed by atoms with Crippen molar-refractivity contribution in [2.45, 2.75) is 22.0 Å². The average molecular weight is 457 g/mol. The monoisotopic (exact) mass is 456 g/mol. The SMILES string of the molecule is Cc1ccc(-c2ccc(S(=O)(=O)C3CNC3)c(SO)c2-c2nn[nH]n2)c2c1=NC(=N)N=2. The Bertz CT molecular complexity index is 1450. The number of aromatic nitrogens is 4. The molecule has 5 rings (SSSR count). The maximum atomic E-state index is 13.1. The van der Waals surface area contributed by atoms with Gasteiger partial charge in [0.15, 0.2) is 9.84 Å². The van der Waals surface area contributed by atoms with E-state index in [9.17, 15) is 13.0 Å². The van der Waals surface area contributed by atoms with Crippen LogP contribution in [0.2, 0.25) is 0 Å². The zero-order valence-corrected chi connectivity index (χ0v) is 17.8. The quantitative estimate of drug-likeness (QED) is 0.398. The molecule has 0 spiro atoms. The minimum absolute atomic E-state index is 0.00757. The Morgan fingerprint density at radius 1 is 1.13 bits per heavy atom. The molecule has 2 aliphatic heterocycles. The lowest BCUT2D eigenvalue weighted by Gasteiger charge is -2.28. The predicted molar refractivity (Wildman–Crippen MR) is 112 cm³/mol. The van der Waals surface area contributed by atoms with Crippen LogP contribution in [0.25, 0.3) is 22.5 Å². The van der Waals surface area contributed by atoms with Crippen molar-refractivity contribution in [3.8, 4) is 22.5 Å². The van der Waals surface area contributed by atoms with E-state index in [2.05, 4.69) is 35.9 Å². The molecule has 1 fully saturated rings. The number of hydrogen-bond acceptors (Lipinski definition) is 9. The summed E-state index contributed by atoms with van der Waals surface area (Å²) in [4.78, 5) is 8.55. The number of guanidine groups is 1. The molecule has 0 aliphatic carbocycles. The maximum Gasteiger partial charge on any atom is 0.243 e. The number of nitrogens with zero attached hydrogens (tertiary/aromatic N) is 5. The highest BCUT2D eigenvalue weighted by Gasteiger charge is 2.36. The first-order valence-corrected chi connectivity index (χ1v) is 11.6. The summed E-state index contributed by atoms with van der Waals surface area (Å²) in [5.41, 5.74) is 2.35. The molecule has 2 aliphatic rings. The van der Waals surface area contributed by atoms with E-state index < -0.39 is 15.1 Å². The third-order valence-electron chi connectivity index (χ3n) is 5.35. The molecule has 1 aromatic heterocycles. The molecule has 31 heavy (non-hydrogen) atoms. The third kappa shape index (κ3) is 3.08. The van der Waals surface area contributed by atoms with Gasteiger partial charge in [-0.2, -0.15) is 5.21 Å². The molecule has 3 heterocycles. The summed E-state index contributed by atoms with van der Waals surface area (Å²) < 4.78 is 36.5. The number of aromatic amines is 1. The van der Waals surface area contributed by atoms with Gasteiger partial charge in [0.25, 0.3) is 0 Å². The molecule has 4 N–H and O–H groups in total. The van der Waals surface area contributed by atoms with Crippen molar-refractivity contribution in [1.29, 1.82) is 5.41 Å². The third-order valence-corrected chi connectivity index (χ3v) is 8.25. The summed E-state index contributed by atoms with van der Waals surface area (Å²) in [7, 11) is -3.69. The van der Waals surface area contributed by atoms with Gasteiger partial charge in [0, 0.05) is 36.3 Å². The number of sulfone groups is 1. The van der Waals surface area contributed by atoms with Crippen molar-refractivity contribution in [2.75, 3.05) is 13.1 Å². The highest BCUT2D eigenvalue weighted by molar-refractivity contribution is 7.96. The topological polar surface area (TPSA) is 169 Å². The number of nitrogens with one attached hydrogen (secondary N) is 3. The Labute approximate surface area is 180 Å². The first-order valence-electron chi connectivity index (χ1n) is 9.24. The van der Waals surface area contributed by atoms with E-state index in [0.29, 0.717) is 52.5 Å². The Morgan fingerprint density at radius 3 is 2.52 bits per heavy atom. The van der Waals surface area contributed by atoms with E-state index in [1.165, 1.54) is 6.07 Å². The molecular weight excluding hydrogens is 440 g/mol. The zero-order chi connectivity index (χ0) is 21.8. The number of aryl methyl sites for hydroxylation is 1. The highest BCUT2D eigenvalue weighted by Crippen LogP contribution is 2.41. The normalized spacial score (nSPS) is 15.9. The molecular formula is C18H16N8O3S2. The molecule has 0 bridgehead atoms. The van der Waals surface area contributed by atoms with E-state index in [-0.39, 0.29) is 21.6 Å². The summed E-state index contributed by atoms with van der Waals surface area (Å²) in [6, 6.07) is 6.80. The van der Waals surface area contributed by atoms with Gasteiger partial charge in [-0.3, -0.25) is 5.41 Å². The minimum atomic E-state index is -3.69. The number of fused-ring (bicyclic) bond motifs is 1. The van der Waals surface area contributed by atoms with Gasteiger partial charge in [-0.1, -0.05) is 18.2 Å². The van der Waals surface area contributed by atoms with E-state index in [4.69, 9.17) is 5.41 Å². The van der Waals surface area contributed by atoms with Gasteiger partial charge in [0.1, 0.15) is 5.36 Å². The fraction of sp³-hybridized carbons (Fsp3) is 0.222. The fourth-order valence-electron chi connectivity index (χ4n) is 3.64. The van der Waals surface area contributed by atoms with Crippen LogP contribution in [0.15, 0.2) is 44.0 Å². The summed E-state index contributed by atoms with van der Waals surface area (Å²) >= 11 is 0.327. The number of benzene rings is 2. The first kappa shape index (κ1) is 19.9. The second kappa shape index (κ2) is 7.30. The van der Waals surface area contributed by atoms with Crippen LogP contribution in [0.3, 0.4) is 0 Å². The Kier molecular flexibility index (Phi) is 4.69. The molecule has 0 saturated carbocycles. The lowest BCUT2D eigenvalue weighted by molar-refractivity contribution is 0.494. The number of H-pyrrole nitrogens is 1. The highest BCUT2D eigenvalue weighted by atomic mass is 32.2. The Hall–Kier alpha value is -3.00. The van der Waals surface area contributed by atoms with Gasteiger partial charge in [0.2, 0.25) is 11.8 Å². The van der Waals surface area contributed by atoms with Crippen LogP contribution in [0.5, 0.6) is 0 Å². The number of tetrazole rings is 1. The molecule has 13 heteroatoms. The van der Waals surface area contributed by atoms with Crippen LogP contribution in [0.4, 0.5) is 0 Å². The molecule has 0 atom stereocenters. The van der Waals surface area contributed by atoms with E-state index >= 15 is 0 Å². The van der Waals surface area contributed by atoms with Crippen LogP contribution < -0.4 is 16.0 Å². The Balaban J connectivity index is 1.84. The molecule has 3 aromatic rings. The summed E-state index contributed by atoms with van der Waals surface area (Å²) in [6.45, 7) is 2.58. The van der Waals surface area contributed by atoms with Crippen molar-refractivity contribution < 1.29 is 13.0 Å². The number of hydrogen-bond donors (Lipinski definition) is 4. The van der Waals surface area contributed by atoms with Crippen molar-refractivity contribution in [3.05, 3.63) is 40.5 Å². The average Bonchev–Trinajstić information content (AvgIpc) is 3.35. The maximum absolute atomic E-state index is 13.1. The van der Waals surface area contributed by atoms with Crippen molar-refractivity contribution >= 4 is 27.8 Å². The van der Waals surface area contributed by atoms with Gasteiger partial charge in [0.05, 0.1) is 20.4 Å². The first-order chi connectivity index (χ1) is 14.9. The van der Waals surface area contributed by atoms with Crippen molar-refractivity contribution in [1.82, 2.24) is 25.9 Å². The van der Waals surface area contributed by atoms with Crippen LogP contribution >= 0.6 is 12.0 Å². The second-order valence-electron chi connectivity index (χ2n) is 7.14. The molecule has 0 amide bonds. The lowest BCUT2D eigenvalue weighted by Crippen LogP contribution is -2.51. The smallest absolute Gasteiger partial charge is 0.243 e. The summed E-state index contributed by atoms with van der Waals surface area (Å²) in [5, 5.41) is 25.4. The van der Waals surface area contributed by atoms with E-state index in [1.807, 2.05) is 19.1 Å². The zero-order valence-electron chi connectivity index (χ0n) is 16.1. The largest absolute Gasteiger partial charge is 0.325 e. The fourth-order valence-corrected chi connectivity index (χ4v) is 6.21. The molecule has 0 unspecified atom stereocenters. The summed E-state index contributed by atoms with van der Waals surface area (Å²) in [6.07, 6.45) is 0. The van der Waals surface area contributed by atoms with Crippen molar-refractivity contribution in [2.24, 2.45) is 9.98 Å². The minimum Gasteiger partial charge on any atom is -0.325 e. The summed E-state index contributed by atoms with van der Waals surface area (Å²) in [5.74, 6) is 0.0229. The van der Waals surface area contributed by atoms with E-state index in [0.717, 1.165) is 5.56 Å². The van der Waals surface area contributed by atoms with Gasteiger partial charge >= 0.3 is 0 Å². The molecule has 11 nitrogen and oxygen atoms in total. The molecule has 1 saturated heterocycles. The predicted octanol–water partition coefficient (Wildman–Crippen LogP) is 0.340. The molecule has 0 radical (unpaired) electrons. The van der Waals surface area contributed by atoms with Crippen LogP contribution in [-0.4, -0.2) is 57.9 Å². The van der Waals surface area contributed by atoms with E-state index in [1.54, 1.807) is 6.07 Å². The van der Waals surface area contributed by atoms with Crippen LogP contribution in [-0.2, 0) is 9.84 Å². The Morgan fingerprint density at radius 2 is 1.87 bits per heavy atom.